The van der Waals surface area contributed by atoms with Gasteiger partial charge in [-0.2, -0.15) is 5.26 Å². The van der Waals surface area contributed by atoms with Gasteiger partial charge >= 0.3 is 0 Å². The van der Waals surface area contributed by atoms with E-state index in [0.717, 1.165) is 36.6 Å². The van der Waals surface area contributed by atoms with E-state index in [2.05, 4.69) is 21.7 Å². The number of aliphatic hydroxyl groups is 1. The predicted octanol–water partition coefficient (Wildman–Crippen LogP) is 3.31. The molecule has 0 bridgehead atoms. The number of carbonyl (C=O) groups is 2. The lowest BCUT2D eigenvalue weighted by atomic mass is 9.72. The van der Waals surface area contributed by atoms with Gasteiger partial charge in [0.25, 0.3) is 5.91 Å². The van der Waals surface area contributed by atoms with E-state index in [1.807, 2.05) is 18.2 Å². The number of nitrogens with one attached hydrogen (secondary N) is 3. The summed E-state index contributed by atoms with van der Waals surface area (Å²) in [6.45, 7) is 1.20. The number of halogens is 1. The Bertz CT molecular complexity index is 1150. The SMILES string of the molecule is N#CC(CC1CCNC1=O)NC(O)C1CC2(CCCCC2)CN1C(=O)c1cc2cccc(Cl)c2[nH]1. The number of nitriles is 1. The van der Waals surface area contributed by atoms with Crippen molar-refractivity contribution in [2.45, 2.75) is 69.7 Å². The number of nitrogens with zero attached hydrogens (tertiary/aromatic N) is 2. The average Bonchev–Trinajstić information content (AvgIpc) is 3.57. The van der Waals surface area contributed by atoms with Gasteiger partial charge in [0.15, 0.2) is 0 Å². The molecule has 35 heavy (non-hydrogen) atoms. The van der Waals surface area contributed by atoms with Crippen molar-refractivity contribution in [2.75, 3.05) is 13.1 Å². The number of fused-ring (bicyclic) bond motifs is 1. The molecule has 3 aliphatic rings. The summed E-state index contributed by atoms with van der Waals surface area (Å²) in [4.78, 5) is 30.7. The molecule has 8 nitrogen and oxygen atoms in total. The minimum Gasteiger partial charge on any atom is -0.376 e. The molecule has 1 aromatic carbocycles. The van der Waals surface area contributed by atoms with E-state index >= 15 is 0 Å². The third-order valence-corrected chi connectivity index (χ3v) is 8.45. The van der Waals surface area contributed by atoms with Crippen LogP contribution in [0, 0.1) is 22.7 Å². The lowest BCUT2D eigenvalue weighted by Crippen LogP contribution is -2.52. The fourth-order valence-corrected chi connectivity index (χ4v) is 6.51. The zero-order chi connectivity index (χ0) is 24.6. The first-order chi connectivity index (χ1) is 16.9. The fourth-order valence-electron chi connectivity index (χ4n) is 6.28. The Labute approximate surface area is 210 Å². The highest BCUT2D eigenvalue weighted by Crippen LogP contribution is 2.47. The largest absolute Gasteiger partial charge is 0.376 e. The van der Waals surface area contributed by atoms with Crippen molar-refractivity contribution in [3.63, 3.8) is 0 Å². The van der Waals surface area contributed by atoms with E-state index in [0.29, 0.717) is 43.1 Å². The predicted molar refractivity (Wildman–Crippen MR) is 133 cm³/mol. The Balaban J connectivity index is 1.38. The summed E-state index contributed by atoms with van der Waals surface area (Å²) in [5, 5.41) is 28.2. The van der Waals surface area contributed by atoms with Crippen molar-refractivity contribution in [1.29, 1.82) is 5.26 Å². The van der Waals surface area contributed by atoms with Crippen molar-refractivity contribution in [2.24, 2.45) is 11.3 Å². The maximum Gasteiger partial charge on any atom is 0.270 e. The number of para-hydroxylation sites is 1. The summed E-state index contributed by atoms with van der Waals surface area (Å²) in [5.74, 6) is -0.450. The topological polar surface area (TPSA) is 121 Å². The minimum absolute atomic E-state index is 0.0155. The molecule has 4 unspecified atom stereocenters. The first-order valence-electron chi connectivity index (χ1n) is 12.6. The summed E-state index contributed by atoms with van der Waals surface area (Å²) >= 11 is 6.32. The third kappa shape index (κ3) is 4.77. The summed E-state index contributed by atoms with van der Waals surface area (Å²) < 4.78 is 0. The zero-order valence-corrected chi connectivity index (χ0v) is 20.5. The van der Waals surface area contributed by atoms with Crippen LogP contribution in [0.4, 0.5) is 0 Å². The lowest BCUT2D eigenvalue weighted by Gasteiger charge is -2.33. The van der Waals surface area contributed by atoms with Crippen LogP contribution in [0.5, 0.6) is 0 Å². The van der Waals surface area contributed by atoms with Crippen LogP contribution in [0.2, 0.25) is 5.02 Å². The maximum atomic E-state index is 13.7. The molecule has 1 aromatic heterocycles. The number of aromatic amines is 1. The number of rotatable bonds is 6. The number of hydrogen-bond donors (Lipinski definition) is 4. The first kappa shape index (κ1) is 24.1. The van der Waals surface area contributed by atoms with Crippen LogP contribution in [0.25, 0.3) is 10.9 Å². The van der Waals surface area contributed by atoms with Gasteiger partial charge in [0.1, 0.15) is 11.9 Å². The molecule has 2 aliphatic heterocycles. The van der Waals surface area contributed by atoms with Gasteiger partial charge in [0.2, 0.25) is 5.91 Å². The number of likely N-dealkylation sites (tertiary alicyclic amines) is 1. The molecule has 2 aromatic rings. The average molecular weight is 498 g/mol. The number of benzene rings is 1. The Hall–Kier alpha value is -2.60. The molecule has 4 atom stereocenters. The van der Waals surface area contributed by atoms with E-state index in [9.17, 15) is 20.0 Å². The van der Waals surface area contributed by atoms with Crippen molar-refractivity contribution >= 4 is 34.3 Å². The van der Waals surface area contributed by atoms with Gasteiger partial charge in [0.05, 0.1) is 28.7 Å². The Morgan fingerprint density at radius 3 is 2.83 bits per heavy atom. The first-order valence-corrected chi connectivity index (χ1v) is 13.0. The van der Waals surface area contributed by atoms with Crippen LogP contribution in [0.3, 0.4) is 0 Å². The van der Waals surface area contributed by atoms with Gasteiger partial charge in [-0.3, -0.25) is 14.9 Å². The standard InChI is InChI=1S/C26H32ClN5O3/c27-19-6-4-5-16-12-20(31-22(16)19)25(35)32-15-26(8-2-1-3-9-26)13-21(32)24(34)30-18(14-28)11-17-7-10-29-23(17)33/h4-6,12,17-18,21,24,30-31,34H,1-3,7-11,13,15H2,(H,29,33). The molecule has 4 N–H and O–H groups in total. The van der Waals surface area contributed by atoms with Gasteiger partial charge in [-0.05, 0) is 49.7 Å². The number of aliphatic hydroxyl groups excluding tert-OH is 1. The Morgan fingerprint density at radius 1 is 1.34 bits per heavy atom. The van der Waals surface area contributed by atoms with Gasteiger partial charge in [-0.25, -0.2) is 0 Å². The number of H-pyrrole nitrogens is 1. The van der Waals surface area contributed by atoms with Crippen molar-refractivity contribution in [3.05, 3.63) is 35.0 Å². The van der Waals surface area contributed by atoms with Crippen LogP contribution >= 0.6 is 11.6 Å². The molecular weight excluding hydrogens is 466 g/mol. The molecular formula is C26H32ClN5O3. The number of carbonyl (C=O) groups excluding carboxylic acids is 2. The Morgan fingerprint density at radius 2 is 2.14 bits per heavy atom. The van der Waals surface area contributed by atoms with Crippen LogP contribution in [0.1, 0.15) is 61.9 Å². The van der Waals surface area contributed by atoms with Crippen molar-refractivity contribution < 1.29 is 14.7 Å². The second kappa shape index (κ2) is 9.81. The van der Waals surface area contributed by atoms with Crippen molar-refractivity contribution in [1.82, 2.24) is 20.5 Å². The lowest BCUT2D eigenvalue weighted by molar-refractivity contribution is -0.122. The summed E-state index contributed by atoms with van der Waals surface area (Å²) in [5.41, 5.74) is 1.15. The second-order valence-electron chi connectivity index (χ2n) is 10.5. The van der Waals surface area contributed by atoms with Gasteiger partial charge in [0, 0.05) is 24.4 Å². The number of amides is 2. The minimum atomic E-state index is -1.07. The molecule has 2 saturated heterocycles. The smallest absolute Gasteiger partial charge is 0.270 e. The van der Waals surface area contributed by atoms with E-state index in [1.54, 1.807) is 11.0 Å². The molecule has 1 aliphatic carbocycles. The fraction of sp³-hybridized carbons (Fsp3) is 0.577. The molecule has 9 heteroatoms. The summed E-state index contributed by atoms with van der Waals surface area (Å²) in [6.07, 6.45) is 6.15. The quantitative estimate of drug-likeness (QED) is 0.456. The molecule has 186 valence electrons. The van der Waals surface area contributed by atoms with E-state index in [4.69, 9.17) is 11.6 Å². The monoisotopic (exact) mass is 497 g/mol. The van der Waals surface area contributed by atoms with Crippen LogP contribution in [-0.4, -0.2) is 58.2 Å². The molecule has 3 fully saturated rings. The highest BCUT2D eigenvalue weighted by Gasteiger charge is 2.49. The molecule has 5 rings (SSSR count). The van der Waals surface area contributed by atoms with E-state index < -0.39 is 18.3 Å². The molecule has 1 saturated carbocycles. The second-order valence-corrected chi connectivity index (χ2v) is 10.9. The summed E-state index contributed by atoms with van der Waals surface area (Å²) in [7, 11) is 0. The van der Waals surface area contributed by atoms with Crippen LogP contribution in [-0.2, 0) is 4.79 Å². The molecule has 1 spiro atoms. The highest BCUT2D eigenvalue weighted by molar-refractivity contribution is 6.35. The maximum absolute atomic E-state index is 13.7. The van der Waals surface area contributed by atoms with Crippen LogP contribution in [0.15, 0.2) is 24.3 Å². The molecule has 0 radical (unpaired) electrons. The Kier molecular flexibility index (Phi) is 6.75. The van der Waals surface area contributed by atoms with Gasteiger partial charge < -0.3 is 20.3 Å². The highest BCUT2D eigenvalue weighted by atomic mass is 35.5. The zero-order valence-electron chi connectivity index (χ0n) is 19.7. The number of aromatic nitrogens is 1. The van der Waals surface area contributed by atoms with E-state index in [-0.39, 0.29) is 23.1 Å². The normalized spacial score (nSPS) is 25.5. The number of hydrogen-bond acceptors (Lipinski definition) is 5. The molecule has 3 heterocycles. The van der Waals surface area contributed by atoms with Crippen LogP contribution < -0.4 is 10.6 Å². The van der Waals surface area contributed by atoms with Crippen molar-refractivity contribution in [3.8, 4) is 6.07 Å². The van der Waals surface area contributed by atoms with Gasteiger partial charge in [-0.15, -0.1) is 0 Å². The summed E-state index contributed by atoms with van der Waals surface area (Å²) in [6, 6.07) is 8.41. The molecule has 2 amide bonds. The third-order valence-electron chi connectivity index (χ3n) is 8.13. The van der Waals surface area contributed by atoms with E-state index in [1.165, 1.54) is 6.42 Å². The van der Waals surface area contributed by atoms with Gasteiger partial charge in [-0.1, -0.05) is 43.0 Å².